The number of esters is 4. The molecular formula is C36H32Cl2O14. The molecule has 0 bridgehead atoms. The highest BCUT2D eigenvalue weighted by Gasteiger charge is 2.17. The number of carbonyl (C=O) groups is 6. The van der Waals surface area contributed by atoms with Gasteiger partial charge in [0.1, 0.15) is 23.0 Å². The summed E-state index contributed by atoms with van der Waals surface area (Å²) >= 11 is 12.4. The quantitative estimate of drug-likeness (QED) is 0.0311. The number of benzene rings is 3. The van der Waals surface area contributed by atoms with Gasteiger partial charge in [-0.3, -0.25) is 0 Å². The second-order valence-electron chi connectivity index (χ2n) is 10.1. The molecule has 3 aromatic rings. The van der Waals surface area contributed by atoms with Gasteiger partial charge in [0.25, 0.3) is 0 Å². The molecule has 0 radical (unpaired) electrons. The molecular weight excluding hydrogens is 727 g/mol. The molecule has 3 aromatic carbocycles. The smallest absolute Gasteiger partial charge is 0.463 e. The SMILES string of the molecule is C=CC(=O)OCCCCOC(=O)Oc1ccc(OC(=O)c2ccc(C(=O)Oc3ccc(OC(=O)OCCCCOC(=O)C=C)cc3Cl)cc2)c(Cl)c1. The van der Waals surface area contributed by atoms with E-state index >= 15 is 0 Å². The van der Waals surface area contributed by atoms with Gasteiger partial charge >= 0.3 is 36.2 Å². The maximum absolute atomic E-state index is 12.7. The summed E-state index contributed by atoms with van der Waals surface area (Å²) in [5, 5.41) is -0.0671. The summed E-state index contributed by atoms with van der Waals surface area (Å²) in [5.74, 6) is -2.63. The zero-order valence-electron chi connectivity index (χ0n) is 27.5. The molecule has 0 fully saturated rings. The molecule has 0 aliphatic rings. The van der Waals surface area contributed by atoms with E-state index in [1.54, 1.807) is 0 Å². The molecule has 14 nitrogen and oxygen atoms in total. The Hall–Kier alpha value is -5.86. The summed E-state index contributed by atoms with van der Waals surface area (Å²) in [6.07, 6.45) is 1.93. The molecule has 0 saturated heterocycles. The van der Waals surface area contributed by atoms with Crippen LogP contribution < -0.4 is 18.9 Å². The van der Waals surface area contributed by atoms with Crippen LogP contribution in [0.3, 0.4) is 0 Å². The van der Waals surface area contributed by atoms with Crippen LogP contribution in [0.4, 0.5) is 9.59 Å². The van der Waals surface area contributed by atoms with E-state index in [1.165, 1.54) is 60.7 Å². The van der Waals surface area contributed by atoms with Crippen molar-refractivity contribution in [2.24, 2.45) is 0 Å². The number of hydrogen-bond donors (Lipinski definition) is 0. The fourth-order valence-corrected chi connectivity index (χ4v) is 4.17. The predicted molar refractivity (Wildman–Crippen MR) is 184 cm³/mol. The molecule has 16 heteroatoms. The van der Waals surface area contributed by atoms with Crippen molar-refractivity contribution >= 4 is 59.4 Å². The third kappa shape index (κ3) is 14.2. The fraction of sp³-hybridized carbons (Fsp3) is 0.222. The molecule has 0 heterocycles. The minimum absolute atomic E-state index is 0.0241. The first kappa shape index (κ1) is 40.6. The van der Waals surface area contributed by atoms with E-state index in [-0.39, 0.29) is 70.6 Å². The van der Waals surface area contributed by atoms with Gasteiger partial charge in [-0.1, -0.05) is 36.4 Å². The zero-order chi connectivity index (χ0) is 37.9. The van der Waals surface area contributed by atoms with Crippen molar-refractivity contribution in [1.82, 2.24) is 0 Å². The molecule has 0 atom stereocenters. The van der Waals surface area contributed by atoms with Crippen LogP contribution in [0.15, 0.2) is 86.0 Å². The maximum atomic E-state index is 12.7. The van der Waals surface area contributed by atoms with Crippen LogP contribution >= 0.6 is 23.2 Å². The second kappa shape index (κ2) is 21.4. The van der Waals surface area contributed by atoms with Gasteiger partial charge in [0, 0.05) is 24.3 Å². The highest BCUT2D eigenvalue weighted by atomic mass is 35.5. The largest absolute Gasteiger partial charge is 0.513 e. The first-order chi connectivity index (χ1) is 25.0. The van der Waals surface area contributed by atoms with Crippen molar-refractivity contribution in [2.45, 2.75) is 25.7 Å². The number of halogens is 2. The maximum Gasteiger partial charge on any atom is 0.513 e. The summed E-state index contributed by atoms with van der Waals surface area (Å²) in [6.45, 7) is 6.95. The fourth-order valence-electron chi connectivity index (χ4n) is 3.75. The van der Waals surface area contributed by atoms with Crippen LogP contribution in [0.25, 0.3) is 0 Å². The number of unbranched alkanes of at least 4 members (excludes halogenated alkanes) is 2. The molecule has 0 aliphatic carbocycles. The van der Waals surface area contributed by atoms with Gasteiger partial charge in [0.05, 0.1) is 47.6 Å². The zero-order valence-corrected chi connectivity index (χ0v) is 29.0. The van der Waals surface area contributed by atoms with Crippen molar-refractivity contribution in [3.8, 4) is 23.0 Å². The summed E-state index contributed by atoms with van der Waals surface area (Å²) < 4.78 is 40.4. The lowest BCUT2D eigenvalue weighted by atomic mass is 10.1. The predicted octanol–water partition coefficient (Wildman–Crippen LogP) is 7.48. The highest BCUT2D eigenvalue weighted by molar-refractivity contribution is 6.32. The van der Waals surface area contributed by atoms with E-state index in [0.717, 1.165) is 12.2 Å². The Morgan fingerprint density at radius 1 is 0.500 bits per heavy atom. The van der Waals surface area contributed by atoms with Gasteiger partial charge in [-0.2, -0.15) is 0 Å². The lowest BCUT2D eigenvalue weighted by Gasteiger charge is -2.10. The van der Waals surface area contributed by atoms with Crippen LogP contribution in [-0.4, -0.2) is 62.6 Å². The third-order valence-corrected chi connectivity index (χ3v) is 6.90. The molecule has 0 amide bonds. The van der Waals surface area contributed by atoms with Crippen LogP contribution in [0, 0.1) is 0 Å². The normalized spacial score (nSPS) is 10.2. The van der Waals surface area contributed by atoms with Crippen molar-refractivity contribution in [1.29, 1.82) is 0 Å². The number of ether oxygens (including phenoxy) is 8. The van der Waals surface area contributed by atoms with Crippen LogP contribution in [0.1, 0.15) is 46.4 Å². The van der Waals surface area contributed by atoms with E-state index in [4.69, 9.17) is 61.1 Å². The highest BCUT2D eigenvalue weighted by Crippen LogP contribution is 2.31. The number of rotatable bonds is 18. The number of carbonyl (C=O) groups excluding carboxylic acids is 6. The van der Waals surface area contributed by atoms with Gasteiger partial charge < -0.3 is 37.9 Å². The third-order valence-electron chi connectivity index (χ3n) is 6.31. The summed E-state index contributed by atoms with van der Waals surface area (Å²) in [7, 11) is 0. The van der Waals surface area contributed by atoms with Crippen LogP contribution in [0.5, 0.6) is 23.0 Å². The first-order valence-electron chi connectivity index (χ1n) is 15.4. The van der Waals surface area contributed by atoms with Gasteiger partial charge in [0.15, 0.2) is 0 Å². The summed E-state index contributed by atoms with van der Waals surface area (Å²) in [4.78, 5) is 71.3. The van der Waals surface area contributed by atoms with E-state index in [2.05, 4.69) is 13.2 Å². The molecule has 0 saturated carbocycles. The summed E-state index contributed by atoms with van der Waals surface area (Å²) in [6, 6.07) is 13.2. The van der Waals surface area contributed by atoms with E-state index < -0.39 is 36.2 Å². The monoisotopic (exact) mass is 758 g/mol. The van der Waals surface area contributed by atoms with Crippen LogP contribution in [0.2, 0.25) is 10.0 Å². The Bertz CT molecular complexity index is 1640. The van der Waals surface area contributed by atoms with Crippen molar-refractivity contribution in [2.75, 3.05) is 26.4 Å². The van der Waals surface area contributed by atoms with Crippen molar-refractivity contribution in [3.05, 3.63) is 107 Å². The van der Waals surface area contributed by atoms with Crippen molar-refractivity contribution in [3.63, 3.8) is 0 Å². The van der Waals surface area contributed by atoms with E-state index in [1.807, 2.05) is 0 Å². The molecule has 3 rings (SSSR count). The lowest BCUT2D eigenvalue weighted by Crippen LogP contribution is -2.13. The molecule has 0 unspecified atom stereocenters. The summed E-state index contributed by atoms with van der Waals surface area (Å²) in [5.41, 5.74) is 0.164. The van der Waals surface area contributed by atoms with E-state index in [0.29, 0.717) is 25.7 Å². The van der Waals surface area contributed by atoms with Crippen molar-refractivity contribution < 1.29 is 66.7 Å². The Morgan fingerprint density at radius 2 is 0.846 bits per heavy atom. The average Bonchev–Trinajstić information content (AvgIpc) is 3.13. The Kier molecular flexibility index (Phi) is 16.7. The Balaban J connectivity index is 1.43. The Morgan fingerprint density at radius 3 is 1.17 bits per heavy atom. The standard InChI is InChI=1S/C36H32Cl2O14/c1-3-31(39)45-17-5-7-19-47-35(43)49-25-13-15-29(27(37)21-25)51-33(41)23-9-11-24(12-10-23)34(42)52-30-16-14-26(22-28(30)38)50-36(44)48-20-8-6-18-46-32(40)4-2/h3-4,9-16,21-22H,1-2,5-8,17-20H2. The topological polar surface area (TPSA) is 176 Å². The van der Waals surface area contributed by atoms with Gasteiger partial charge in [-0.05, 0) is 74.2 Å². The second-order valence-corrected chi connectivity index (χ2v) is 10.9. The molecule has 0 aliphatic heterocycles. The lowest BCUT2D eigenvalue weighted by molar-refractivity contribution is -0.138. The molecule has 274 valence electrons. The number of hydrogen-bond acceptors (Lipinski definition) is 14. The molecule has 0 spiro atoms. The minimum atomic E-state index is -0.982. The van der Waals surface area contributed by atoms with Crippen LogP contribution in [-0.2, 0) is 28.5 Å². The molecule has 52 heavy (non-hydrogen) atoms. The minimum Gasteiger partial charge on any atom is -0.463 e. The van der Waals surface area contributed by atoms with Gasteiger partial charge in [-0.15, -0.1) is 0 Å². The average molecular weight is 760 g/mol. The van der Waals surface area contributed by atoms with Gasteiger partial charge in [0.2, 0.25) is 0 Å². The van der Waals surface area contributed by atoms with Gasteiger partial charge in [-0.25, -0.2) is 28.8 Å². The van der Waals surface area contributed by atoms with E-state index in [9.17, 15) is 28.8 Å². The Labute approximate surface area is 307 Å². The first-order valence-corrected chi connectivity index (χ1v) is 16.2. The molecule has 0 aromatic heterocycles. The molecule has 0 N–H and O–H groups in total.